The Morgan fingerprint density at radius 2 is 1.74 bits per heavy atom. The number of nitrogens with one attached hydrogen (secondary N) is 1. The smallest absolute Gasteiger partial charge is 0.261 e. The summed E-state index contributed by atoms with van der Waals surface area (Å²) >= 11 is 8.84. The minimum atomic E-state index is -3.84. The molecule has 0 saturated heterocycles. The molecular formula is C12H8BrClFNO2S. The maximum atomic E-state index is 13.5. The summed E-state index contributed by atoms with van der Waals surface area (Å²) in [6, 6.07) is 9.60. The Hall–Kier alpha value is -1.11. The first-order chi connectivity index (χ1) is 8.88. The predicted octanol–water partition coefficient (Wildman–Crippen LogP) is 4.04. The molecule has 0 fully saturated rings. The lowest BCUT2D eigenvalue weighted by Gasteiger charge is -2.09. The van der Waals surface area contributed by atoms with Crippen LogP contribution in [0.15, 0.2) is 51.8 Å². The molecule has 0 saturated carbocycles. The molecule has 0 aromatic heterocycles. The van der Waals surface area contributed by atoms with Crippen molar-refractivity contribution in [2.75, 3.05) is 4.72 Å². The van der Waals surface area contributed by atoms with Gasteiger partial charge in [0.15, 0.2) is 0 Å². The normalized spacial score (nSPS) is 11.3. The zero-order valence-corrected chi connectivity index (χ0v) is 12.6. The minimum Gasteiger partial charge on any atom is -0.277 e. The summed E-state index contributed by atoms with van der Waals surface area (Å²) in [6.45, 7) is 0. The highest BCUT2D eigenvalue weighted by Crippen LogP contribution is 2.23. The van der Waals surface area contributed by atoms with Crippen molar-refractivity contribution in [2.24, 2.45) is 0 Å². The van der Waals surface area contributed by atoms with Crippen LogP contribution in [0, 0.1) is 5.82 Å². The second kappa shape index (κ2) is 5.48. The molecule has 0 aliphatic heterocycles. The van der Waals surface area contributed by atoms with Crippen LogP contribution >= 0.6 is 27.5 Å². The molecule has 0 amide bonds. The van der Waals surface area contributed by atoms with Gasteiger partial charge >= 0.3 is 0 Å². The van der Waals surface area contributed by atoms with Crippen molar-refractivity contribution < 1.29 is 12.8 Å². The van der Waals surface area contributed by atoms with Crippen molar-refractivity contribution in [3.05, 3.63) is 57.8 Å². The molecule has 0 bridgehead atoms. The van der Waals surface area contributed by atoms with Gasteiger partial charge in [-0.1, -0.05) is 27.5 Å². The molecule has 19 heavy (non-hydrogen) atoms. The molecular weight excluding hydrogens is 357 g/mol. The van der Waals surface area contributed by atoms with E-state index in [9.17, 15) is 12.8 Å². The van der Waals surface area contributed by atoms with Gasteiger partial charge in [0.2, 0.25) is 0 Å². The highest BCUT2D eigenvalue weighted by molar-refractivity contribution is 9.10. The molecule has 2 aromatic carbocycles. The molecule has 0 atom stereocenters. The lowest BCUT2D eigenvalue weighted by molar-refractivity contribution is 0.598. The van der Waals surface area contributed by atoms with E-state index in [1.54, 1.807) is 0 Å². The summed E-state index contributed by atoms with van der Waals surface area (Å²) in [4.78, 5) is 0.0104. The van der Waals surface area contributed by atoms with Crippen LogP contribution < -0.4 is 4.72 Å². The van der Waals surface area contributed by atoms with E-state index < -0.39 is 15.8 Å². The zero-order valence-electron chi connectivity index (χ0n) is 9.40. The Kier molecular flexibility index (Phi) is 4.13. The van der Waals surface area contributed by atoms with Gasteiger partial charge in [-0.05, 0) is 42.5 Å². The molecule has 0 unspecified atom stereocenters. The second-order valence-electron chi connectivity index (χ2n) is 3.68. The Balaban J connectivity index is 2.36. The monoisotopic (exact) mass is 363 g/mol. The van der Waals surface area contributed by atoms with E-state index in [1.807, 2.05) is 0 Å². The van der Waals surface area contributed by atoms with Crippen LogP contribution in [-0.4, -0.2) is 8.42 Å². The number of rotatable bonds is 3. The van der Waals surface area contributed by atoms with E-state index >= 15 is 0 Å². The number of halogens is 3. The van der Waals surface area contributed by atoms with Gasteiger partial charge in [-0.3, -0.25) is 4.72 Å². The van der Waals surface area contributed by atoms with E-state index in [0.717, 1.165) is 0 Å². The second-order valence-corrected chi connectivity index (χ2v) is 6.72. The summed E-state index contributed by atoms with van der Waals surface area (Å²) in [5.41, 5.74) is -0.121. The molecule has 0 aliphatic rings. The minimum absolute atomic E-state index is 0.0104. The number of hydrogen-bond donors (Lipinski definition) is 1. The summed E-state index contributed by atoms with van der Waals surface area (Å²) in [5.74, 6) is -0.652. The first kappa shape index (κ1) is 14.3. The Morgan fingerprint density at radius 1 is 1.11 bits per heavy atom. The van der Waals surface area contributed by atoms with Crippen LogP contribution in [-0.2, 0) is 10.0 Å². The molecule has 3 nitrogen and oxygen atoms in total. The fraction of sp³-hybridized carbons (Fsp3) is 0. The number of anilines is 1. The van der Waals surface area contributed by atoms with Crippen LogP contribution in [0.3, 0.4) is 0 Å². The third kappa shape index (κ3) is 3.46. The first-order valence-electron chi connectivity index (χ1n) is 5.12. The maximum Gasteiger partial charge on any atom is 0.261 e. The van der Waals surface area contributed by atoms with Crippen molar-refractivity contribution in [3.8, 4) is 0 Å². The fourth-order valence-corrected chi connectivity index (χ4v) is 2.94. The van der Waals surface area contributed by atoms with E-state index in [0.29, 0.717) is 9.50 Å². The van der Waals surface area contributed by atoms with Crippen LogP contribution in [0.1, 0.15) is 0 Å². The summed E-state index contributed by atoms with van der Waals surface area (Å²) < 4.78 is 40.4. The van der Waals surface area contributed by atoms with Gasteiger partial charge in [-0.2, -0.15) is 0 Å². The first-order valence-corrected chi connectivity index (χ1v) is 7.77. The molecule has 0 aliphatic carbocycles. The lowest BCUT2D eigenvalue weighted by atomic mass is 10.3. The number of sulfonamides is 1. The van der Waals surface area contributed by atoms with Gasteiger partial charge in [-0.25, -0.2) is 12.8 Å². The molecule has 7 heteroatoms. The molecule has 0 spiro atoms. The van der Waals surface area contributed by atoms with E-state index in [1.165, 1.54) is 42.5 Å². The molecule has 0 heterocycles. The Labute approximate surface area is 123 Å². The summed E-state index contributed by atoms with van der Waals surface area (Å²) in [5, 5.41) is 0.424. The van der Waals surface area contributed by atoms with E-state index in [-0.39, 0.29) is 10.6 Å². The Morgan fingerprint density at radius 3 is 2.37 bits per heavy atom. The van der Waals surface area contributed by atoms with Gasteiger partial charge < -0.3 is 0 Å². The van der Waals surface area contributed by atoms with Crippen LogP contribution in [0.25, 0.3) is 0 Å². The van der Waals surface area contributed by atoms with Crippen LogP contribution in [0.4, 0.5) is 10.1 Å². The molecule has 0 radical (unpaired) electrons. The van der Waals surface area contributed by atoms with Gasteiger partial charge in [0.1, 0.15) is 5.82 Å². The maximum absolute atomic E-state index is 13.5. The van der Waals surface area contributed by atoms with Crippen molar-refractivity contribution in [3.63, 3.8) is 0 Å². The highest BCUT2D eigenvalue weighted by Gasteiger charge is 2.16. The summed E-state index contributed by atoms with van der Waals surface area (Å²) in [7, 11) is -3.84. The van der Waals surface area contributed by atoms with Crippen molar-refractivity contribution >= 4 is 43.2 Å². The van der Waals surface area contributed by atoms with Gasteiger partial charge in [0.05, 0.1) is 10.6 Å². The largest absolute Gasteiger partial charge is 0.277 e. The van der Waals surface area contributed by atoms with Gasteiger partial charge in [-0.15, -0.1) is 0 Å². The predicted molar refractivity (Wildman–Crippen MR) is 76.4 cm³/mol. The number of benzene rings is 2. The fourth-order valence-electron chi connectivity index (χ4n) is 1.39. The van der Waals surface area contributed by atoms with Gasteiger partial charge in [0.25, 0.3) is 10.0 Å². The third-order valence-electron chi connectivity index (χ3n) is 2.30. The van der Waals surface area contributed by atoms with Crippen LogP contribution in [0.2, 0.25) is 5.02 Å². The lowest BCUT2D eigenvalue weighted by Crippen LogP contribution is -2.13. The van der Waals surface area contributed by atoms with Crippen molar-refractivity contribution in [2.45, 2.75) is 4.90 Å². The zero-order chi connectivity index (χ0) is 14.0. The topological polar surface area (TPSA) is 46.2 Å². The molecule has 2 aromatic rings. The van der Waals surface area contributed by atoms with Crippen LogP contribution in [0.5, 0.6) is 0 Å². The Bertz CT molecular complexity index is 704. The summed E-state index contributed by atoms with van der Waals surface area (Å²) in [6.07, 6.45) is 0. The molecule has 2 rings (SSSR count). The van der Waals surface area contributed by atoms with Crippen molar-refractivity contribution in [1.29, 1.82) is 0 Å². The molecule has 100 valence electrons. The van der Waals surface area contributed by atoms with Crippen molar-refractivity contribution in [1.82, 2.24) is 0 Å². The standard InChI is InChI=1S/C12H8BrClFNO2S/c13-8-1-6-11(15)12(7-8)16-19(17,18)10-4-2-9(14)3-5-10/h1-7,16H. The molecule has 1 N–H and O–H groups in total. The average Bonchev–Trinajstić information content (AvgIpc) is 2.34. The third-order valence-corrected chi connectivity index (χ3v) is 4.42. The average molecular weight is 365 g/mol. The quantitative estimate of drug-likeness (QED) is 0.893. The SMILES string of the molecule is O=S(=O)(Nc1cc(Br)ccc1F)c1ccc(Cl)cc1. The van der Waals surface area contributed by atoms with E-state index in [2.05, 4.69) is 20.7 Å². The van der Waals surface area contributed by atoms with E-state index in [4.69, 9.17) is 11.6 Å². The highest BCUT2D eigenvalue weighted by atomic mass is 79.9. The number of hydrogen-bond acceptors (Lipinski definition) is 2. The van der Waals surface area contributed by atoms with Gasteiger partial charge in [0, 0.05) is 9.50 Å².